The van der Waals surface area contributed by atoms with Crippen molar-refractivity contribution in [1.82, 2.24) is 9.97 Å². The molecular formula is C11H17IN4. The van der Waals surface area contributed by atoms with Crippen LogP contribution in [0.25, 0.3) is 0 Å². The van der Waals surface area contributed by atoms with E-state index in [1.807, 2.05) is 12.4 Å². The molecule has 2 heterocycles. The van der Waals surface area contributed by atoms with E-state index in [1.165, 1.54) is 12.8 Å². The molecule has 88 valence electrons. The zero-order valence-electron chi connectivity index (χ0n) is 9.27. The fourth-order valence-corrected chi connectivity index (χ4v) is 2.47. The summed E-state index contributed by atoms with van der Waals surface area (Å²) in [4.78, 5) is 11.0. The lowest BCUT2D eigenvalue weighted by Gasteiger charge is -2.32. The van der Waals surface area contributed by atoms with Gasteiger partial charge in [-0.25, -0.2) is 9.97 Å². The molecule has 0 aliphatic carbocycles. The van der Waals surface area contributed by atoms with Gasteiger partial charge in [-0.15, -0.1) is 0 Å². The molecule has 1 aliphatic heterocycles. The number of piperidine rings is 1. The van der Waals surface area contributed by atoms with Crippen LogP contribution in [-0.4, -0.2) is 29.6 Å². The minimum atomic E-state index is 0.710. The zero-order chi connectivity index (χ0) is 11.4. The Hall–Kier alpha value is -0.430. The molecule has 16 heavy (non-hydrogen) atoms. The van der Waals surface area contributed by atoms with E-state index in [2.05, 4.69) is 37.5 Å². The van der Waals surface area contributed by atoms with E-state index in [0.29, 0.717) is 5.92 Å². The van der Waals surface area contributed by atoms with Crippen LogP contribution in [0.4, 0.5) is 5.95 Å². The Morgan fingerprint density at radius 2 is 2.19 bits per heavy atom. The van der Waals surface area contributed by atoms with Crippen LogP contribution in [0.15, 0.2) is 12.4 Å². The Morgan fingerprint density at radius 1 is 1.44 bits per heavy atom. The fraction of sp³-hybridized carbons (Fsp3) is 0.636. The Labute approximate surface area is 110 Å². The van der Waals surface area contributed by atoms with Gasteiger partial charge in [0.1, 0.15) is 0 Å². The average molecular weight is 332 g/mol. The summed E-state index contributed by atoms with van der Waals surface area (Å²) >= 11 is 2.22. The summed E-state index contributed by atoms with van der Waals surface area (Å²) in [7, 11) is 0. The second kappa shape index (κ2) is 5.77. The second-order valence-corrected chi connectivity index (χ2v) is 5.48. The topological polar surface area (TPSA) is 55.0 Å². The van der Waals surface area contributed by atoms with Crippen molar-refractivity contribution in [2.45, 2.75) is 19.3 Å². The summed E-state index contributed by atoms with van der Waals surface area (Å²) in [5.41, 5.74) is 5.61. The molecule has 0 aromatic carbocycles. The third kappa shape index (κ3) is 3.04. The highest BCUT2D eigenvalue weighted by molar-refractivity contribution is 14.1. The van der Waals surface area contributed by atoms with Crippen LogP contribution in [0.5, 0.6) is 0 Å². The molecule has 1 atom stereocenters. The first kappa shape index (κ1) is 12.0. The Morgan fingerprint density at radius 3 is 2.88 bits per heavy atom. The quantitative estimate of drug-likeness (QED) is 0.855. The van der Waals surface area contributed by atoms with Crippen molar-refractivity contribution >= 4 is 28.5 Å². The number of hydrogen-bond donors (Lipinski definition) is 1. The van der Waals surface area contributed by atoms with Gasteiger partial charge in [-0.2, -0.15) is 0 Å². The van der Waals surface area contributed by atoms with Gasteiger partial charge < -0.3 is 10.6 Å². The van der Waals surface area contributed by atoms with E-state index >= 15 is 0 Å². The highest BCUT2D eigenvalue weighted by Gasteiger charge is 2.20. The van der Waals surface area contributed by atoms with E-state index < -0.39 is 0 Å². The SMILES string of the molecule is NCCC1CCCN(c2ncc(I)cn2)C1. The van der Waals surface area contributed by atoms with E-state index in [-0.39, 0.29) is 0 Å². The van der Waals surface area contributed by atoms with Crippen molar-refractivity contribution in [1.29, 1.82) is 0 Å². The van der Waals surface area contributed by atoms with Gasteiger partial charge in [-0.1, -0.05) is 0 Å². The Kier molecular flexibility index (Phi) is 4.34. The van der Waals surface area contributed by atoms with Crippen LogP contribution in [0.2, 0.25) is 0 Å². The van der Waals surface area contributed by atoms with E-state index in [1.54, 1.807) is 0 Å². The number of hydrogen-bond acceptors (Lipinski definition) is 4. The highest BCUT2D eigenvalue weighted by atomic mass is 127. The lowest BCUT2D eigenvalue weighted by Crippen LogP contribution is -2.37. The number of anilines is 1. The molecule has 1 saturated heterocycles. The molecule has 1 aromatic rings. The molecule has 1 unspecified atom stereocenters. The normalized spacial score (nSPS) is 21.1. The minimum absolute atomic E-state index is 0.710. The number of nitrogens with two attached hydrogens (primary N) is 1. The maximum absolute atomic E-state index is 5.61. The van der Waals surface area contributed by atoms with Gasteiger partial charge in [0.25, 0.3) is 0 Å². The number of rotatable bonds is 3. The van der Waals surface area contributed by atoms with E-state index in [9.17, 15) is 0 Å². The van der Waals surface area contributed by atoms with E-state index in [4.69, 9.17) is 5.73 Å². The molecule has 2 rings (SSSR count). The smallest absolute Gasteiger partial charge is 0.225 e. The van der Waals surface area contributed by atoms with Gasteiger partial charge in [0, 0.05) is 29.1 Å². The molecule has 0 radical (unpaired) electrons. The molecule has 1 aromatic heterocycles. The number of nitrogens with zero attached hydrogens (tertiary/aromatic N) is 3. The van der Waals surface area contributed by atoms with Crippen LogP contribution in [0, 0.1) is 9.49 Å². The Balaban J connectivity index is 2.01. The Bertz CT molecular complexity index is 325. The minimum Gasteiger partial charge on any atom is -0.341 e. The van der Waals surface area contributed by atoms with Crippen LogP contribution in [-0.2, 0) is 0 Å². The maximum atomic E-state index is 5.61. The van der Waals surface area contributed by atoms with Gasteiger partial charge in [-0.3, -0.25) is 0 Å². The van der Waals surface area contributed by atoms with Crippen molar-refractivity contribution in [2.24, 2.45) is 11.7 Å². The van der Waals surface area contributed by atoms with Crippen molar-refractivity contribution in [3.63, 3.8) is 0 Å². The van der Waals surface area contributed by atoms with Crippen molar-refractivity contribution in [2.75, 3.05) is 24.5 Å². The number of aromatic nitrogens is 2. The standard InChI is InChI=1S/C11H17IN4/c12-10-6-14-11(15-7-10)16-5-1-2-9(8-16)3-4-13/h6-7,9H,1-5,8,13H2. The first-order valence-corrected chi connectivity index (χ1v) is 6.80. The average Bonchev–Trinajstić information content (AvgIpc) is 2.31. The largest absolute Gasteiger partial charge is 0.341 e. The highest BCUT2D eigenvalue weighted by Crippen LogP contribution is 2.22. The van der Waals surface area contributed by atoms with Gasteiger partial charge >= 0.3 is 0 Å². The lowest BCUT2D eigenvalue weighted by molar-refractivity contribution is 0.392. The zero-order valence-corrected chi connectivity index (χ0v) is 11.4. The molecule has 0 spiro atoms. The van der Waals surface area contributed by atoms with Gasteiger partial charge in [0.05, 0.1) is 0 Å². The predicted octanol–water partition coefficient (Wildman–Crippen LogP) is 1.65. The molecule has 4 nitrogen and oxygen atoms in total. The molecule has 5 heteroatoms. The third-order valence-electron chi connectivity index (χ3n) is 2.98. The molecule has 2 N–H and O–H groups in total. The molecule has 0 amide bonds. The summed E-state index contributed by atoms with van der Waals surface area (Å²) in [6.45, 7) is 2.91. The van der Waals surface area contributed by atoms with Crippen molar-refractivity contribution in [3.05, 3.63) is 16.0 Å². The first-order valence-electron chi connectivity index (χ1n) is 5.72. The summed E-state index contributed by atoms with van der Waals surface area (Å²) < 4.78 is 1.08. The lowest BCUT2D eigenvalue weighted by atomic mass is 9.95. The molecule has 0 bridgehead atoms. The van der Waals surface area contributed by atoms with Crippen molar-refractivity contribution in [3.8, 4) is 0 Å². The van der Waals surface area contributed by atoms with Crippen LogP contribution < -0.4 is 10.6 Å². The molecule has 0 saturated carbocycles. The van der Waals surface area contributed by atoms with Crippen LogP contribution >= 0.6 is 22.6 Å². The maximum Gasteiger partial charge on any atom is 0.225 e. The van der Waals surface area contributed by atoms with Crippen LogP contribution in [0.3, 0.4) is 0 Å². The fourth-order valence-electron chi connectivity index (χ4n) is 2.19. The first-order chi connectivity index (χ1) is 7.79. The van der Waals surface area contributed by atoms with Gasteiger partial charge in [0.2, 0.25) is 5.95 Å². The summed E-state index contributed by atoms with van der Waals surface area (Å²) in [5, 5.41) is 0. The summed E-state index contributed by atoms with van der Waals surface area (Å²) in [6.07, 6.45) is 7.36. The molecule has 1 aliphatic rings. The van der Waals surface area contributed by atoms with Crippen molar-refractivity contribution < 1.29 is 0 Å². The monoisotopic (exact) mass is 332 g/mol. The predicted molar refractivity (Wildman–Crippen MR) is 73.4 cm³/mol. The number of halogens is 1. The second-order valence-electron chi connectivity index (χ2n) is 4.23. The van der Waals surface area contributed by atoms with Gasteiger partial charge in [0.15, 0.2) is 0 Å². The van der Waals surface area contributed by atoms with Crippen LogP contribution in [0.1, 0.15) is 19.3 Å². The third-order valence-corrected chi connectivity index (χ3v) is 3.54. The summed E-state index contributed by atoms with van der Waals surface area (Å²) in [5.74, 6) is 1.57. The molecule has 1 fully saturated rings. The summed E-state index contributed by atoms with van der Waals surface area (Å²) in [6, 6.07) is 0. The van der Waals surface area contributed by atoms with Gasteiger partial charge in [-0.05, 0) is 54.3 Å². The van der Waals surface area contributed by atoms with E-state index in [0.717, 1.165) is 35.6 Å². The molecular weight excluding hydrogens is 315 g/mol.